The molecule has 1 N–H and O–H groups in total. The molecule has 0 unspecified atom stereocenters. The molecule has 2 aromatic carbocycles. The molecule has 2 rings (SSSR count). The van der Waals surface area contributed by atoms with Crippen molar-refractivity contribution in [1.82, 2.24) is 0 Å². The second-order valence-electron chi connectivity index (χ2n) is 4.12. The van der Waals surface area contributed by atoms with Crippen LogP contribution < -0.4 is 5.32 Å². The molecule has 0 bridgehead atoms. The fourth-order valence-corrected chi connectivity index (χ4v) is 1.78. The molecule has 0 aliphatic heterocycles. The molecule has 0 fully saturated rings. The Labute approximate surface area is 117 Å². The van der Waals surface area contributed by atoms with Crippen LogP contribution in [0.5, 0.6) is 0 Å². The SMILES string of the molecule is N#CCOC(=O)c1ccccc1NCc1ccccc1. The van der Waals surface area contributed by atoms with Crippen molar-refractivity contribution in [1.29, 1.82) is 5.26 Å². The molecule has 20 heavy (non-hydrogen) atoms. The van der Waals surface area contributed by atoms with E-state index in [2.05, 4.69) is 5.32 Å². The number of hydrogen-bond acceptors (Lipinski definition) is 4. The van der Waals surface area contributed by atoms with Crippen LogP contribution in [0.2, 0.25) is 0 Å². The van der Waals surface area contributed by atoms with E-state index in [9.17, 15) is 4.79 Å². The highest BCUT2D eigenvalue weighted by molar-refractivity contribution is 5.95. The molecule has 0 aromatic heterocycles. The van der Waals surface area contributed by atoms with Crippen LogP contribution >= 0.6 is 0 Å². The van der Waals surface area contributed by atoms with Gasteiger partial charge in [0.05, 0.1) is 5.56 Å². The van der Waals surface area contributed by atoms with Crippen molar-refractivity contribution < 1.29 is 9.53 Å². The number of nitriles is 1. The van der Waals surface area contributed by atoms with Gasteiger partial charge < -0.3 is 10.1 Å². The van der Waals surface area contributed by atoms with Gasteiger partial charge in [0.15, 0.2) is 6.61 Å². The monoisotopic (exact) mass is 266 g/mol. The third kappa shape index (κ3) is 3.59. The molecule has 0 amide bonds. The number of nitrogens with zero attached hydrogens (tertiary/aromatic N) is 1. The van der Waals surface area contributed by atoms with Crippen molar-refractivity contribution in [3.63, 3.8) is 0 Å². The first-order valence-corrected chi connectivity index (χ1v) is 6.22. The minimum absolute atomic E-state index is 0.244. The lowest BCUT2D eigenvalue weighted by Crippen LogP contribution is -2.10. The van der Waals surface area contributed by atoms with E-state index in [0.29, 0.717) is 17.8 Å². The van der Waals surface area contributed by atoms with Crippen LogP contribution in [0.1, 0.15) is 15.9 Å². The largest absolute Gasteiger partial charge is 0.447 e. The number of ether oxygens (including phenoxy) is 1. The third-order valence-corrected chi connectivity index (χ3v) is 2.74. The third-order valence-electron chi connectivity index (χ3n) is 2.74. The van der Waals surface area contributed by atoms with Crippen LogP contribution in [-0.4, -0.2) is 12.6 Å². The molecule has 2 aromatic rings. The average Bonchev–Trinajstić information content (AvgIpc) is 2.52. The fraction of sp³-hybridized carbons (Fsp3) is 0.125. The minimum atomic E-state index is -0.497. The molecule has 0 spiro atoms. The number of para-hydroxylation sites is 1. The number of anilines is 1. The van der Waals surface area contributed by atoms with Crippen LogP contribution in [0.25, 0.3) is 0 Å². The lowest BCUT2D eigenvalue weighted by Gasteiger charge is -2.10. The highest BCUT2D eigenvalue weighted by Crippen LogP contribution is 2.17. The molecular formula is C16H14N2O2. The fourth-order valence-electron chi connectivity index (χ4n) is 1.78. The van der Waals surface area contributed by atoms with Crippen molar-refractivity contribution in [2.24, 2.45) is 0 Å². The van der Waals surface area contributed by atoms with Crippen LogP contribution in [0.3, 0.4) is 0 Å². The number of benzene rings is 2. The predicted molar refractivity (Wildman–Crippen MR) is 76.1 cm³/mol. The maximum Gasteiger partial charge on any atom is 0.341 e. The van der Waals surface area contributed by atoms with Gasteiger partial charge in [-0.3, -0.25) is 0 Å². The zero-order valence-electron chi connectivity index (χ0n) is 10.9. The van der Waals surface area contributed by atoms with Crippen molar-refractivity contribution in [3.8, 4) is 6.07 Å². The Kier molecular flexibility index (Phi) is 4.74. The summed E-state index contributed by atoms with van der Waals surface area (Å²) in [7, 11) is 0. The molecular weight excluding hydrogens is 252 g/mol. The van der Waals surface area contributed by atoms with E-state index in [1.54, 1.807) is 18.2 Å². The Bertz CT molecular complexity index is 618. The summed E-state index contributed by atoms with van der Waals surface area (Å²) in [6, 6.07) is 18.8. The summed E-state index contributed by atoms with van der Waals surface area (Å²) in [6.45, 7) is 0.370. The second kappa shape index (κ2) is 6.95. The van der Waals surface area contributed by atoms with E-state index in [-0.39, 0.29) is 6.61 Å². The molecule has 100 valence electrons. The van der Waals surface area contributed by atoms with Gasteiger partial charge in [-0.2, -0.15) is 5.26 Å². The quantitative estimate of drug-likeness (QED) is 0.845. The minimum Gasteiger partial charge on any atom is -0.447 e. The van der Waals surface area contributed by atoms with Gasteiger partial charge in [-0.05, 0) is 17.7 Å². The van der Waals surface area contributed by atoms with Gasteiger partial charge >= 0.3 is 5.97 Å². The molecule has 0 radical (unpaired) electrons. The summed E-state index contributed by atoms with van der Waals surface area (Å²) in [5.41, 5.74) is 2.24. The lowest BCUT2D eigenvalue weighted by atomic mass is 10.1. The Morgan fingerprint density at radius 2 is 1.80 bits per heavy atom. The summed E-state index contributed by atoms with van der Waals surface area (Å²) in [6.07, 6.45) is 0. The Morgan fingerprint density at radius 1 is 1.10 bits per heavy atom. The molecule has 0 heterocycles. The summed E-state index contributed by atoms with van der Waals surface area (Å²) < 4.78 is 4.83. The van der Waals surface area contributed by atoms with Crippen LogP contribution in [0.4, 0.5) is 5.69 Å². The molecule has 4 heteroatoms. The summed E-state index contributed by atoms with van der Waals surface area (Å²) in [4.78, 5) is 11.8. The van der Waals surface area contributed by atoms with Crippen LogP contribution in [0.15, 0.2) is 54.6 Å². The zero-order chi connectivity index (χ0) is 14.2. The number of carbonyl (C=O) groups excluding carboxylic acids is 1. The Balaban J connectivity index is 2.08. The van der Waals surface area contributed by atoms with Crippen LogP contribution in [0, 0.1) is 11.3 Å². The molecule has 0 saturated carbocycles. The molecule has 0 saturated heterocycles. The first-order chi connectivity index (χ1) is 9.81. The van der Waals surface area contributed by atoms with Crippen molar-refractivity contribution in [3.05, 3.63) is 65.7 Å². The highest BCUT2D eigenvalue weighted by Gasteiger charge is 2.11. The standard InChI is InChI=1S/C16H14N2O2/c17-10-11-20-16(19)14-8-4-5-9-15(14)18-12-13-6-2-1-3-7-13/h1-9,18H,11-12H2. The van der Waals surface area contributed by atoms with Gasteiger partial charge in [0.2, 0.25) is 0 Å². The summed E-state index contributed by atoms with van der Waals surface area (Å²) in [5, 5.41) is 11.6. The maximum absolute atomic E-state index is 11.8. The van der Waals surface area contributed by atoms with Crippen molar-refractivity contribution in [2.45, 2.75) is 6.54 Å². The van der Waals surface area contributed by atoms with Crippen molar-refractivity contribution in [2.75, 3.05) is 11.9 Å². The van der Waals surface area contributed by atoms with Gasteiger partial charge in [0.1, 0.15) is 6.07 Å². The maximum atomic E-state index is 11.8. The number of esters is 1. The second-order valence-corrected chi connectivity index (χ2v) is 4.12. The first kappa shape index (κ1) is 13.6. The van der Waals surface area contributed by atoms with E-state index in [1.807, 2.05) is 42.5 Å². The topological polar surface area (TPSA) is 62.1 Å². The normalized spacial score (nSPS) is 9.55. The smallest absolute Gasteiger partial charge is 0.341 e. The van der Waals surface area contributed by atoms with E-state index >= 15 is 0 Å². The zero-order valence-corrected chi connectivity index (χ0v) is 10.9. The average molecular weight is 266 g/mol. The number of rotatable bonds is 5. The van der Waals surface area contributed by atoms with Crippen LogP contribution in [-0.2, 0) is 11.3 Å². The highest BCUT2D eigenvalue weighted by atomic mass is 16.5. The Hall–Kier alpha value is -2.80. The number of nitrogens with one attached hydrogen (secondary N) is 1. The molecule has 0 aliphatic carbocycles. The van der Waals surface area contributed by atoms with E-state index in [1.165, 1.54) is 0 Å². The molecule has 0 atom stereocenters. The van der Waals surface area contributed by atoms with E-state index in [4.69, 9.17) is 10.00 Å². The van der Waals surface area contributed by atoms with Gasteiger partial charge in [0.25, 0.3) is 0 Å². The number of carbonyl (C=O) groups is 1. The van der Waals surface area contributed by atoms with Crippen molar-refractivity contribution >= 4 is 11.7 Å². The number of hydrogen-bond donors (Lipinski definition) is 1. The lowest BCUT2D eigenvalue weighted by molar-refractivity contribution is 0.0556. The first-order valence-electron chi connectivity index (χ1n) is 6.22. The summed E-state index contributed by atoms with van der Waals surface area (Å²) in [5.74, 6) is -0.497. The van der Waals surface area contributed by atoms with Gasteiger partial charge in [0, 0.05) is 12.2 Å². The molecule has 4 nitrogen and oxygen atoms in total. The Morgan fingerprint density at radius 3 is 2.55 bits per heavy atom. The summed E-state index contributed by atoms with van der Waals surface area (Å²) >= 11 is 0. The van der Waals surface area contributed by atoms with Gasteiger partial charge in [-0.15, -0.1) is 0 Å². The predicted octanol–water partition coefficient (Wildman–Crippen LogP) is 2.98. The molecule has 0 aliphatic rings. The van der Waals surface area contributed by atoms with E-state index in [0.717, 1.165) is 5.56 Å². The van der Waals surface area contributed by atoms with E-state index < -0.39 is 5.97 Å². The van der Waals surface area contributed by atoms with Gasteiger partial charge in [-0.25, -0.2) is 4.79 Å². The van der Waals surface area contributed by atoms with Gasteiger partial charge in [-0.1, -0.05) is 42.5 Å².